The SMILES string of the molecule is CCc1ccc(-c2ccccc2CC)cc1. The molecule has 0 nitrogen and oxygen atoms in total. The number of hydrogen-bond donors (Lipinski definition) is 0. The van der Waals surface area contributed by atoms with Gasteiger partial charge in [-0.05, 0) is 35.1 Å². The molecule has 0 aliphatic rings. The minimum absolute atomic E-state index is 1.09. The van der Waals surface area contributed by atoms with Crippen molar-refractivity contribution in [1.29, 1.82) is 0 Å². The lowest BCUT2D eigenvalue weighted by atomic mass is 9.97. The zero-order valence-electron chi connectivity index (χ0n) is 10.0. The Balaban J connectivity index is 2.42. The first-order chi connectivity index (χ1) is 7.85. The van der Waals surface area contributed by atoms with E-state index in [0.717, 1.165) is 12.8 Å². The summed E-state index contributed by atoms with van der Waals surface area (Å²) in [6, 6.07) is 17.6. The first kappa shape index (κ1) is 10.9. The lowest BCUT2D eigenvalue weighted by Gasteiger charge is -2.08. The summed E-state index contributed by atoms with van der Waals surface area (Å²) >= 11 is 0. The molecule has 0 unspecified atom stereocenters. The van der Waals surface area contributed by atoms with Crippen molar-refractivity contribution in [1.82, 2.24) is 0 Å². The van der Waals surface area contributed by atoms with Crippen molar-refractivity contribution in [2.24, 2.45) is 0 Å². The van der Waals surface area contributed by atoms with E-state index in [9.17, 15) is 0 Å². The largest absolute Gasteiger partial charge is 0.0620 e. The lowest BCUT2D eigenvalue weighted by Crippen LogP contribution is -1.87. The topological polar surface area (TPSA) is 0 Å². The van der Waals surface area contributed by atoms with Crippen LogP contribution in [0.2, 0.25) is 0 Å². The van der Waals surface area contributed by atoms with Crippen molar-refractivity contribution < 1.29 is 0 Å². The predicted octanol–water partition coefficient (Wildman–Crippen LogP) is 4.48. The average molecular weight is 210 g/mol. The molecule has 2 rings (SSSR count). The van der Waals surface area contributed by atoms with E-state index in [2.05, 4.69) is 62.4 Å². The highest BCUT2D eigenvalue weighted by atomic mass is 14.1. The fraction of sp³-hybridized carbons (Fsp3) is 0.250. The van der Waals surface area contributed by atoms with Gasteiger partial charge in [0.2, 0.25) is 0 Å². The van der Waals surface area contributed by atoms with Gasteiger partial charge >= 0.3 is 0 Å². The van der Waals surface area contributed by atoms with E-state index in [1.165, 1.54) is 22.3 Å². The molecule has 0 spiro atoms. The maximum absolute atomic E-state index is 2.23. The van der Waals surface area contributed by atoms with Crippen LogP contribution in [-0.4, -0.2) is 0 Å². The molecular formula is C16H18. The zero-order valence-corrected chi connectivity index (χ0v) is 10.0. The van der Waals surface area contributed by atoms with E-state index in [1.807, 2.05) is 0 Å². The Morgan fingerprint density at radius 1 is 0.750 bits per heavy atom. The third kappa shape index (κ3) is 2.16. The fourth-order valence-corrected chi connectivity index (χ4v) is 2.03. The smallest absolute Gasteiger partial charge is 0.0152 e. The first-order valence-corrected chi connectivity index (χ1v) is 6.02. The van der Waals surface area contributed by atoms with Crippen LogP contribution in [0.25, 0.3) is 11.1 Å². The number of benzene rings is 2. The molecular weight excluding hydrogens is 192 g/mol. The second-order valence-electron chi connectivity index (χ2n) is 4.06. The summed E-state index contributed by atoms with van der Waals surface area (Å²) < 4.78 is 0. The Hall–Kier alpha value is -1.56. The average Bonchev–Trinajstić information content (AvgIpc) is 2.39. The van der Waals surface area contributed by atoms with Crippen molar-refractivity contribution in [2.75, 3.05) is 0 Å². The summed E-state index contributed by atoms with van der Waals surface area (Å²) in [7, 11) is 0. The summed E-state index contributed by atoms with van der Waals surface area (Å²) in [5, 5.41) is 0. The summed E-state index contributed by atoms with van der Waals surface area (Å²) in [5.74, 6) is 0. The molecule has 2 aromatic rings. The Morgan fingerprint density at radius 3 is 2.06 bits per heavy atom. The summed E-state index contributed by atoms with van der Waals surface area (Å²) in [6.45, 7) is 4.40. The number of aryl methyl sites for hydroxylation is 2. The van der Waals surface area contributed by atoms with E-state index >= 15 is 0 Å². The fourth-order valence-electron chi connectivity index (χ4n) is 2.03. The molecule has 16 heavy (non-hydrogen) atoms. The third-order valence-electron chi connectivity index (χ3n) is 3.07. The lowest BCUT2D eigenvalue weighted by molar-refractivity contribution is 1.13. The van der Waals surface area contributed by atoms with Gasteiger partial charge in [0.25, 0.3) is 0 Å². The minimum atomic E-state index is 1.09. The van der Waals surface area contributed by atoms with Crippen molar-refractivity contribution in [3.8, 4) is 11.1 Å². The van der Waals surface area contributed by atoms with E-state index in [0.29, 0.717) is 0 Å². The van der Waals surface area contributed by atoms with E-state index < -0.39 is 0 Å². The molecule has 0 fully saturated rings. The van der Waals surface area contributed by atoms with Gasteiger partial charge in [-0.25, -0.2) is 0 Å². The van der Waals surface area contributed by atoms with Crippen molar-refractivity contribution in [2.45, 2.75) is 26.7 Å². The molecule has 0 saturated heterocycles. The molecule has 0 bridgehead atoms. The van der Waals surface area contributed by atoms with Gasteiger partial charge in [0, 0.05) is 0 Å². The van der Waals surface area contributed by atoms with Crippen LogP contribution in [-0.2, 0) is 12.8 Å². The monoisotopic (exact) mass is 210 g/mol. The molecule has 0 N–H and O–H groups in total. The molecule has 0 heterocycles. The van der Waals surface area contributed by atoms with Crippen LogP contribution in [0.1, 0.15) is 25.0 Å². The molecule has 0 aliphatic heterocycles. The molecule has 2 aromatic carbocycles. The van der Waals surface area contributed by atoms with Gasteiger partial charge in [0.05, 0.1) is 0 Å². The Labute approximate surface area is 97.9 Å². The van der Waals surface area contributed by atoms with Crippen LogP contribution in [0.4, 0.5) is 0 Å². The molecule has 0 radical (unpaired) electrons. The maximum atomic E-state index is 2.23. The first-order valence-electron chi connectivity index (χ1n) is 6.02. The van der Waals surface area contributed by atoms with Crippen LogP contribution in [0.15, 0.2) is 48.5 Å². The van der Waals surface area contributed by atoms with Crippen LogP contribution in [0.3, 0.4) is 0 Å². The van der Waals surface area contributed by atoms with Gasteiger partial charge in [-0.3, -0.25) is 0 Å². The normalized spacial score (nSPS) is 10.4. The van der Waals surface area contributed by atoms with Crippen LogP contribution in [0.5, 0.6) is 0 Å². The second kappa shape index (κ2) is 4.98. The van der Waals surface area contributed by atoms with E-state index in [-0.39, 0.29) is 0 Å². The van der Waals surface area contributed by atoms with Crippen molar-refractivity contribution in [3.63, 3.8) is 0 Å². The van der Waals surface area contributed by atoms with E-state index in [1.54, 1.807) is 0 Å². The van der Waals surface area contributed by atoms with Crippen molar-refractivity contribution in [3.05, 3.63) is 59.7 Å². The summed E-state index contributed by atoms with van der Waals surface area (Å²) in [4.78, 5) is 0. The predicted molar refractivity (Wildman–Crippen MR) is 70.6 cm³/mol. The van der Waals surface area contributed by atoms with Gasteiger partial charge in [0.15, 0.2) is 0 Å². The highest BCUT2D eigenvalue weighted by Gasteiger charge is 2.02. The zero-order chi connectivity index (χ0) is 11.4. The molecule has 0 aliphatic carbocycles. The van der Waals surface area contributed by atoms with Gasteiger partial charge in [-0.2, -0.15) is 0 Å². The Kier molecular flexibility index (Phi) is 3.40. The highest BCUT2D eigenvalue weighted by molar-refractivity contribution is 5.67. The Morgan fingerprint density at radius 2 is 1.44 bits per heavy atom. The Bertz CT molecular complexity index is 452. The maximum Gasteiger partial charge on any atom is -0.0152 e. The van der Waals surface area contributed by atoms with Gasteiger partial charge in [-0.1, -0.05) is 62.4 Å². The van der Waals surface area contributed by atoms with Crippen LogP contribution >= 0.6 is 0 Å². The van der Waals surface area contributed by atoms with Crippen LogP contribution in [0, 0.1) is 0 Å². The standard InChI is InChI=1S/C16H18/c1-3-13-9-11-15(12-10-13)16-8-6-5-7-14(16)4-2/h5-12H,3-4H2,1-2H3. The van der Waals surface area contributed by atoms with E-state index in [4.69, 9.17) is 0 Å². The quantitative estimate of drug-likeness (QED) is 0.700. The summed E-state index contributed by atoms with van der Waals surface area (Å²) in [6.07, 6.45) is 2.20. The minimum Gasteiger partial charge on any atom is -0.0620 e. The third-order valence-corrected chi connectivity index (χ3v) is 3.07. The van der Waals surface area contributed by atoms with Gasteiger partial charge in [0.1, 0.15) is 0 Å². The van der Waals surface area contributed by atoms with Crippen molar-refractivity contribution >= 4 is 0 Å². The molecule has 0 atom stereocenters. The number of rotatable bonds is 3. The molecule has 0 amide bonds. The van der Waals surface area contributed by atoms with Gasteiger partial charge in [-0.15, -0.1) is 0 Å². The molecule has 0 heteroatoms. The molecule has 0 saturated carbocycles. The summed E-state index contributed by atoms with van der Waals surface area (Å²) in [5.41, 5.74) is 5.52. The second-order valence-corrected chi connectivity index (χ2v) is 4.06. The molecule has 0 aromatic heterocycles. The van der Waals surface area contributed by atoms with Gasteiger partial charge < -0.3 is 0 Å². The highest BCUT2D eigenvalue weighted by Crippen LogP contribution is 2.24. The van der Waals surface area contributed by atoms with Crippen LogP contribution < -0.4 is 0 Å². The number of hydrogen-bond acceptors (Lipinski definition) is 0. The molecule has 82 valence electrons.